The summed E-state index contributed by atoms with van der Waals surface area (Å²) < 4.78 is 2.46. The highest BCUT2D eigenvalue weighted by molar-refractivity contribution is 7.15. The first kappa shape index (κ1) is 29.6. The summed E-state index contributed by atoms with van der Waals surface area (Å²) in [4.78, 5) is 28.4. The molecule has 1 saturated carbocycles. The maximum Gasteiger partial charge on any atom is 0.335 e. The highest BCUT2D eigenvalue weighted by Gasteiger charge is 2.32. The van der Waals surface area contributed by atoms with Gasteiger partial charge in [0.25, 0.3) is 0 Å². The zero-order chi connectivity index (χ0) is 31.4. The summed E-state index contributed by atoms with van der Waals surface area (Å²) in [6, 6.07) is 14.8. The van der Waals surface area contributed by atoms with E-state index in [1.807, 2.05) is 6.07 Å². The van der Waals surface area contributed by atoms with Gasteiger partial charge in [0.2, 0.25) is 0 Å². The van der Waals surface area contributed by atoms with Gasteiger partial charge < -0.3 is 19.5 Å². The van der Waals surface area contributed by atoms with E-state index in [9.17, 15) is 9.90 Å². The number of nitrogens with zero attached hydrogens (tertiary/aromatic N) is 5. The molecule has 1 saturated heterocycles. The average molecular weight is 634 g/mol. The molecule has 238 valence electrons. The van der Waals surface area contributed by atoms with Gasteiger partial charge in [-0.2, -0.15) is 0 Å². The van der Waals surface area contributed by atoms with Crippen LogP contribution in [0.2, 0.25) is 0 Å². The van der Waals surface area contributed by atoms with Crippen molar-refractivity contribution in [1.29, 1.82) is 0 Å². The second-order valence-corrected chi connectivity index (χ2v) is 14.8. The number of pyridine rings is 1. The molecule has 1 aliphatic carbocycles. The third-order valence-electron chi connectivity index (χ3n) is 10.6. The maximum absolute atomic E-state index is 12.1. The number of likely N-dealkylation sites (tertiary alicyclic amines) is 1. The van der Waals surface area contributed by atoms with Crippen LogP contribution in [0.15, 0.2) is 42.5 Å². The summed E-state index contributed by atoms with van der Waals surface area (Å²) in [6.07, 6.45) is 10.1. The molecule has 0 radical (unpaired) electrons. The smallest absolute Gasteiger partial charge is 0.335 e. The Morgan fingerprint density at radius 2 is 1.65 bits per heavy atom. The van der Waals surface area contributed by atoms with Gasteiger partial charge in [-0.05, 0) is 100 Å². The van der Waals surface area contributed by atoms with Crippen molar-refractivity contribution in [2.45, 2.75) is 77.7 Å². The number of carboxylic acid groups (broad SMARTS) is 1. The van der Waals surface area contributed by atoms with Gasteiger partial charge in [-0.25, -0.2) is 14.8 Å². The molecule has 2 aromatic carbocycles. The Hall–Kier alpha value is -3.75. The molecule has 8 rings (SSSR count). The van der Waals surface area contributed by atoms with Gasteiger partial charge in [0.15, 0.2) is 0 Å². The van der Waals surface area contributed by atoms with E-state index in [1.54, 1.807) is 17.4 Å². The number of anilines is 1. The molecule has 7 nitrogen and oxygen atoms in total. The predicted octanol–water partition coefficient (Wildman–Crippen LogP) is 8.65. The molecular weight excluding hydrogens is 591 g/mol. The Morgan fingerprint density at radius 1 is 0.870 bits per heavy atom. The molecule has 0 amide bonds. The van der Waals surface area contributed by atoms with Crippen molar-refractivity contribution in [2.75, 3.05) is 37.6 Å². The molecule has 0 spiro atoms. The first-order valence-corrected chi connectivity index (χ1v) is 18.0. The van der Waals surface area contributed by atoms with Crippen molar-refractivity contribution in [3.05, 3.63) is 64.3 Å². The fourth-order valence-electron chi connectivity index (χ4n) is 8.45. The predicted molar refractivity (Wildman–Crippen MR) is 189 cm³/mol. The monoisotopic (exact) mass is 633 g/mol. The largest absolute Gasteiger partial charge is 0.478 e. The third-order valence-corrected chi connectivity index (χ3v) is 11.7. The highest BCUT2D eigenvalue weighted by Crippen LogP contribution is 2.49. The van der Waals surface area contributed by atoms with Gasteiger partial charge in [-0.1, -0.05) is 31.7 Å². The molecule has 8 heteroatoms. The fourth-order valence-corrected chi connectivity index (χ4v) is 9.34. The molecule has 0 bridgehead atoms. The van der Waals surface area contributed by atoms with E-state index in [4.69, 9.17) is 4.98 Å². The second kappa shape index (κ2) is 12.1. The van der Waals surface area contributed by atoms with Crippen LogP contribution in [0.5, 0.6) is 0 Å². The number of aromatic carboxylic acids is 1. The third kappa shape index (κ3) is 5.20. The number of thiazole rings is 1. The van der Waals surface area contributed by atoms with Crippen LogP contribution in [0.4, 0.5) is 5.69 Å². The van der Waals surface area contributed by atoms with Crippen molar-refractivity contribution in [3.63, 3.8) is 0 Å². The minimum Gasteiger partial charge on any atom is -0.478 e. The molecule has 5 heterocycles. The number of rotatable bonds is 6. The van der Waals surface area contributed by atoms with Crippen LogP contribution in [0.25, 0.3) is 43.6 Å². The Labute approximate surface area is 274 Å². The Balaban J connectivity index is 1.34. The Morgan fingerprint density at radius 3 is 2.41 bits per heavy atom. The quantitative estimate of drug-likeness (QED) is 0.202. The van der Waals surface area contributed by atoms with Crippen LogP contribution < -0.4 is 4.90 Å². The summed E-state index contributed by atoms with van der Waals surface area (Å²) in [5, 5.41) is 13.4. The first-order chi connectivity index (χ1) is 22.5. The zero-order valence-corrected chi connectivity index (χ0v) is 27.8. The molecule has 2 aliphatic heterocycles. The zero-order valence-electron chi connectivity index (χ0n) is 27.0. The van der Waals surface area contributed by atoms with Crippen LogP contribution in [0.3, 0.4) is 0 Å². The topological polar surface area (TPSA) is 74.5 Å². The lowest BCUT2D eigenvalue weighted by Gasteiger charge is -2.32. The number of hydrogen-bond donors (Lipinski definition) is 1. The van der Waals surface area contributed by atoms with Gasteiger partial charge in [-0.3, -0.25) is 0 Å². The van der Waals surface area contributed by atoms with Crippen LogP contribution in [-0.2, 0) is 6.54 Å². The lowest BCUT2D eigenvalue weighted by molar-refractivity contribution is 0.0697. The lowest BCUT2D eigenvalue weighted by atomic mass is 9.81. The molecule has 5 aromatic rings. The summed E-state index contributed by atoms with van der Waals surface area (Å²) >= 11 is 1.71. The van der Waals surface area contributed by atoms with Crippen LogP contribution in [-0.4, -0.2) is 63.2 Å². The molecular formula is C38H43N5O2S. The number of carboxylic acids is 1. The molecule has 2 fully saturated rings. The van der Waals surface area contributed by atoms with E-state index in [2.05, 4.69) is 63.5 Å². The van der Waals surface area contributed by atoms with Gasteiger partial charge >= 0.3 is 5.97 Å². The molecule has 0 atom stereocenters. The number of benzene rings is 2. The average Bonchev–Trinajstić information content (AvgIpc) is 3.54. The van der Waals surface area contributed by atoms with Crippen molar-refractivity contribution >= 4 is 44.8 Å². The van der Waals surface area contributed by atoms with Crippen molar-refractivity contribution in [2.24, 2.45) is 0 Å². The second-order valence-electron chi connectivity index (χ2n) is 13.5. The van der Waals surface area contributed by atoms with Crippen molar-refractivity contribution < 1.29 is 9.90 Å². The van der Waals surface area contributed by atoms with E-state index in [-0.39, 0.29) is 0 Å². The summed E-state index contributed by atoms with van der Waals surface area (Å²) in [5.41, 5.74) is 9.71. The standard InChI is InChI=1S/C38H43N5O2S/c1-24-37(46-25(2)39-24)32-16-13-28-31(40-32)15-14-30-35(28)42(20-19-41-17-7-4-8-18-41)21-22-43-33-23-27(38(44)45)11-12-29(33)34(36(30)43)26-9-5-3-6-10-26/h11-16,23,26H,3-10,17-22H2,1-2H3,(H,44,45). The highest BCUT2D eigenvalue weighted by atomic mass is 32.1. The lowest BCUT2D eigenvalue weighted by Crippen LogP contribution is -2.38. The van der Waals surface area contributed by atoms with Crippen molar-refractivity contribution in [1.82, 2.24) is 19.4 Å². The fraction of sp³-hybridized carbons (Fsp3) is 0.447. The van der Waals surface area contributed by atoms with E-state index in [0.29, 0.717) is 11.5 Å². The molecule has 3 aliphatic rings. The maximum atomic E-state index is 12.1. The number of carbonyl (C=O) groups is 1. The normalized spacial score (nSPS) is 17.7. The number of aromatic nitrogens is 3. The SMILES string of the molecule is Cc1nc(C)c(-c2ccc3c4c(ccc3n2)-c2c(C3CCCCC3)c3ccc(C(=O)O)cc3n2CCN4CCN2CCCCC2)s1. The number of aryl methyl sites for hydroxylation is 2. The Kier molecular flexibility index (Phi) is 7.81. The molecule has 1 N–H and O–H groups in total. The Bertz CT molecular complexity index is 1950. The summed E-state index contributed by atoms with van der Waals surface area (Å²) in [5.74, 6) is -0.391. The summed E-state index contributed by atoms with van der Waals surface area (Å²) in [7, 11) is 0. The van der Waals surface area contributed by atoms with E-state index >= 15 is 0 Å². The van der Waals surface area contributed by atoms with E-state index < -0.39 is 5.97 Å². The number of piperidine rings is 1. The number of fused-ring (bicyclic) bond motifs is 7. The molecule has 46 heavy (non-hydrogen) atoms. The van der Waals surface area contributed by atoms with Crippen LogP contribution >= 0.6 is 11.3 Å². The minimum atomic E-state index is -0.868. The molecule has 3 aromatic heterocycles. The van der Waals surface area contributed by atoms with E-state index in [1.165, 1.54) is 97.7 Å². The van der Waals surface area contributed by atoms with Gasteiger partial charge in [0.1, 0.15) is 0 Å². The minimum absolute atomic E-state index is 0.359. The summed E-state index contributed by atoms with van der Waals surface area (Å²) in [6.45, 7) is 10.2. The van der Waals surface area contributed by atoms with Crippen LogP contribution in [0.1, 0.15) is 83.9 Å². The van der Waals surface area contributed by atoms with Gasteiger partial charge in [-0.15, -0.1) is 11.3 Å². The van der Waals surface area contributed by atoms with Gasteiger partial charge in [0.05, 0.1) is 43.7 Å². The first-order valence-electron chi connectivity index (χ1n) is 17.2. The van der Waals surface area contributed by atoms with E-state index in [0.717, 1.165) is 58.5 Å². The van der Waals surface area contributed by atoms with Crippen LogP contribution in [0, 0.1) is 13.8 Å². The van der Waals surface area contributed by atoms with Crippen molar-refractivity contribution in [3.8, 4) is 21.8 Å². The number of hydrogen-bond acceptors (Lipinski definition) is 6. The van der Waals surface area contributed by atoms with Gasteiger partial charge in [0, 0.05) is 48.0 Å². The molecule has 0 unspecified atom stereocenters.